The summed E-state index contributed by atoms with van der Waals surface area (Å²) in [6.07, 6.45) is 2.65. The van der Waals surface area contributed by atoms with E-state index in [1.54, 1.807) is 0 Å². The third kappa shape index (κ3) is 4.20. The number of nitrogens with zero attached hydrogens (tertiary/aromatic N) is 1. The summed E-state index contributed by atoms with van der Waals surface area (Å²) >= 11 is 0. The molecule has 2 rings (SSSR count). The van der Waals surface area contributed by atoms with Gasteiger partial charge in [0.05, 0.1) is 9.79 Å². The number of benzene rings is 1. The zero-order chi connectivity index (χ0) is 15.7. The molecule has 0 atom stereocenters. The van der Waals surface area contributed by atoms with E-state index < -0.39 is 19.9 Å². The Balaban J connectivity index is 0.00000242. The van der Waals surface area contributed by atoms with Gasteiger partial charge < -0.3 is 5.32 Å². The quantitative estimate of drug-likeness (QED) is 0.853. The van der Waals surface area contributed by atoms with Crippen LogP contribution in [0.4, 0.5) is 0 Å². The van der Waals surface area contributed by atoms with Crippen LogP contribution in [-0.2, 0) is 19.9 Å². The van der Waals surface area contributed by atoms with Crippen LogP contribution in [0.5, 0.6) is 0 Å². The van der Waals surface area contributed by atoms with Crippen molar-refractivity contribution in [1.82, 2.24) is 9.62 Å². The molecule has 1 aliphatic rings. The SMILES string of the molecule is CNC1CCN(S(=O)(=O)c2ccc(S(C)(=O)=O)cc2)CC1.Cl. The molecule has 1 aromatic rings. The van der Waals surface area contributed by atoms with Crippen LogP contribution in [0.3, 0.4) is 0 Å². The second kappa shape index (κ2) is 7.27. The highest BCUT2D eigenvalue weighted by molar-refractivity contribution is 7.90. The van der Waals surface area contributed by atoms with Gasteiger partial charge in [-0.05, 0) is 44.2 Å². The third-order valence-corrected chi connectivity index (χ3v) is 6.79. The van der Waals surface area contributed by atoms with Crippen LogP contribution in [0, 0.1) is 0 Å². The van der Waals surface area contributed by atoms with Crippen LogP contribution in [-0.4, -0.2) is 53.6 Å². The van der Waals surface area contributed by atoms with Gasteiger partial charge >= 0.3 is 0 Å². The molecule has 1 aliphatic heterocycles. The summed E-state index contributed by atoms with van der Waals surface area (Å²) in [5.41, 5.74) is 0. The van der Waals surface area contributed by atoms with Crippen LogP contribution < -0.4 is 5.32 Å². The van der Waals surface area contributed by atoms with Crippen molar-refractivity contribution in [3.05, 3.63) is 24.3 Å². The van der Waals surface area contributed by atoms with Crippen LogP contribution in [0.25, 0.3) is 0 Å². The summed E-state index contributed by atoms with van der Waals surface area (Å²) in [5, 5.41) is 3.15. The van der Waals surface area contributed by atoms with Gasteiger partial charge in [0.25, 0.3) is 0 Å². The first-order valence-corrected chi connectivity index (χ1v) is 10.1. The maximum absolute atomic E-state index is 12.5. The van der Waals surface area contributed by atoms with Crippen molar-refractivity contribution in [3.63, 3.8) is 0 Å². The van der Waals surface area contributed by atoms with E-state index in [2.05, 4.69) is 5.32 Å². The zero-order valence-electron chi connectivity index (χ0n) is 12.5. The highest BCUT2D eigenvalue weighted by Crippen LogP contribution is 2.22. The predicted octanol–water partition coefficient (Wildman–Crippen LogP) is 0.884. The number of piperidine rings is 1. The lowest BCUT2D eigenvalue weighted by atomic mass is 10.1. The van der Waals surface area contributed by atoms with Crippen LogP contribution in [0.1, 0.15) is 12.8 Å². The topological polar surface area (TPSA) is 83.6 Å². The van der Waals surface area contributed by atoms with Gasteiger partial charge in [0.15, 0.2) is 9.84 Å². The molecule has 0 saturated carbocycles. The molecule has 0 aromatic heterocycles. The average Bonchev–Trinajstić information content (AvgIpc) is 2.46. The molecule has 1 N–H and O–H groups in total. The van der Waals surface area contributed by atoms with E-state index in [4.69, 9.17) is 0 Å². The summed E-state index contributed by atoms with van der Waals surface area (Å²) in [7, 11) is -4.99. The molecule has 6 nitrogen and oxygen atoms in total. The van der Waals surface area contributed by atoms with Gasteiger partial charge in [0, 0.05) is 25.4 Å². The molecule has 1 heterocycles. The summed E-state index contributed by atoms with van der Waals surface area (Å²) in [5.74, 6) is 0. The average molecular weight is 369 g/mol. The summed E-state index contributed by atoms with van der Waals surface area (Å²) in [4.78, 5) is 0.258. The predicted molar refractivity (Wildman–Crippen MR) is 87.6 cm³/mol. The Kier molecular flexibility index (Phi) is 6.40. The summed E-state index contributed by atoms with van der Waals surface area (Å²) in [6, 6.07) is 5.74. The van der Waals surface area contributed by atoms with Crippen molar-refractivity contribution in [2.24, 2.45) is 0 Å². The smallest absolute Gasteiger partial charge is 0.243 e. The summed E-state index contributed by atoms with van der Waals surface area (Å²) < 4.78 is 49.2. The highest BCUT2D eigenvalue weighted by Gasteiger charge is 2.28. The maximum atomic E-state index is 12.5. The Hall–Kier alpha value is -0.670. The van der Waals surface area contributed by atoms with Gasteiger partial charge in [-0.15, -0.1) is 12.4 Å². The molecule has 0 amide bonds. The fourth-order valence-corrected chi connectivity index (χ4v) is 4.49. The van der Waals surface area contributed by atoms with Crippen LogP contribution >= 0.6 is 12.4 Å². The lowest BCUT2D eigenvalue weighted by Gasteiger charge is -2.31. The summed E-state index contributed by atoms with van der Waals surface area (Å²) in [6.45, 7) is 0.948. The van der Waals surface area contributed by atoms with E-state index in [-0.39, 0.29) is 22.2 Å². The minimum absolute atomic E-state index is 0. The van der Waals surface area contributed by atoms with Gasteiger partial charge in [-0.25, -0.2) is 16.8 Å². The van der Waals surface area contributed by atoms with Gasteiger partial charge in [-0.2, -0.15) is 4.31 Å². The van der Waals surface area contributed by atoms with Crippen molar-refractivity contribution >= 4 is 32.3 Å². The van der Waals surface area contributed by atoms with Gasteiger partial charge in [-0.3, -0.25) is 0 Å². The van der Waals surface area contributed by atoms with Crippen LogP contribution in [0.2, 0.25) is 0 Å². The molecule has 0 spiro atoms. The molecule has 1 aromatic carbocycles. The zero-order valence-corrected chi connectivity index (χ0v) is 15.0. The van der Waals surface area contributed by atoms with Crippen molar-refractivity contribution in [1.29, 1.82) is 0 Å². The molecule has 1 saturated heterocycles. The van der Waals surface area contributed by atoms with Gasteiger partial charge in [0.2, 0.25) is 10.0 Å². The molecule has 0 bridgehead atoms. The lowest BCUT2D eigenvalue weighted by Crippen LogP contribution is -2.43. The molecular weight excluding hydrogens is 348 g/mol. The Morgan fingerprint density at radius 2 is 1.45 bits per heavy atom. The first-order valence-electron chi connectivity index (χ1n) is 6.72. The molecule has 0 radical (unpaired) electrons. The van der Waals surface area contributed by atoms with E-state index in [1.807, 2.05) is 7.05 Å². The molecule has 9 heteroatoms. The van der Waals surface area contributed by atoms with Crippen molar-refractivity contribution in [3.8, 4) is 0 Å². The van der Waals surface area contributed by atoms with Crippen LogP contribution in [0.15, 0.2) is 34.1 Å². The number of hydrogen-bond acceptors (Lipinski definition) is 5. The van der Waals surface area contributed by atoms with E-state index >= 15 is 0 Å². The van der Waals surface area contributed by atoms with Gasteiger partial charge in [-0.1, -0.05) is 0 Å². The Labute approximate surface area is 138 Å². The lowest BCUT2D eigenvalue weighted by molar-refractivity contribution is 0.298. The monoisotopic (exact) mass is 368 g/mol. The Morgan fingerprint density at radius 3 is 1.86 bits per heavy atom. The van der Waals surface area contributed by atoms with Crippen molar-refractivity contribution in [2.45, 2.75) is 28.7 Å². The highest BCUT2D eigenvalue weighted by atomic mass is 35.5. The third-order valence-electron chi connectivity index (χ3n) is 3.75. The largest absolute Gasteiger partial charge is 0.317 e. The minimum atomic E-state index is -3.55. The first kappa shape index (κ1) is 19.4. The second-order valence-electron chi connectivity index (χ2n) is 5.21. The molecule has 1 fully saturated rings. The maximum Gasteiger partial charge on any atom is 0.243 e. The molecule has 126 valence electrons. The fraction of sp³-hybridized carbons (Fsp3) is 0.538. The fourth-order valence-electron chi connectivity index (χ4n) is 2.39. The Bertz CT molecular complexity index is 694. The van der Waals surface area contributed by atoms with Crippen molar-refractivity contribution in [2.75, 3.05) is 26.4 Å². The van der Waals surface area contributed by atoms with Gasteiger partial charge in [0.1, 0.15) is 0 Å². The number of halogens is 1. The first-order chi connectivity index (χ1) is 9.75. The molecule has 0 aliphatic carbocycles. The number of rotatable bonds is 4. The standard InChI is InChI=1S/C13H20N2O4S2.ClH/c1-14-11-7-9-15(10-8-11)21(18,19)13-5-3-12(4-6-13)20(2,16)17;/h3-6,11,14H,7-10H2,1-2H3;1H. The number of sulfone groups is 1. The second-order valence-corrected chi connectivity index (χ2v) is 9.16. The number of nitrogens with one attached hydrogen (secondary N) is 1. The van der Waals surface area contributed by atoms with E-state index in [9.17, 15) is 16.8 Å². The number of hydrogen-bond donors (Lipinski definition) is 1. The molecule has 22 heavy (non-hydrogen) atoms. The van der Waals surface area contributed by atoms with E-state index in [1.165, 1.54) is 28.6 Å². The van der Waals surface area contributed by atoms with Crippen molar-refractivity contribution < 1.29 is 16.8 Å². The normalized spacial score (nSPS) is 17.9. The Morgan fingerprint density at radius 1 is 1.00 bits per heavy atom. The van der Waals surface area contributed by atoms with E-state index in [0.717, 1.165) is 19.1 Å². The number of sulfonamides is 1. The minimum Gasteiger partial charge on any atom is -0.317 e. The molecular formula is C13H21ClN2O4S2. The van der Waals surface area contributed by atoms with E-state index in [0.29, 0.717) is 19.1 Å². The molecule has 0 unspecified atom stereocenters.